The molecule has 17 nitrogen and oxygen atoms in total. The van der Waals surface area contributed by atoms with E-state index < -0.39 is 93.6 Å². The van der Waals surface area contributed by atoms with E-state index >= 15 is 13.2 Å². The molecular formula is C52H44F6N11O6S2+. The summed E-state index contributed by atoms with van der Waals surface area (Å²) in [7, 11) is 0. The molecule has 0 bridgehead atoms. The van der Waals surface area contributed by atoms with Crippen LogP contribution < -0.4 is 15.2 Å². The number of thiophene rings is 2. The lowest BCUT2D eigenvalue weighted by molar-refractivity contribution is -0.569. The number of carbonyl (C=O) groups is 6. The molecule has 5 unspecified atom stereocenters. The van der Waals surface area contributed by atoms with Crippen molar-refractivity contribution in [1.29, 1.82) is 0 Å². The number of hydrogen-bond donors (Lipinski definition) is 2. The van der Waals surface area contributed by atoms with E-state index in [4.69, 9.17) is 0 Å². The number of imide groups is 2. The van der Waals surface area contributed by atoms with Gasteiger partial charge in [-0.3, -0.25) is 43.6 Å². The number of aryl methyl sites for hydroxylation is 1. The molecule has 12 rings (SSSR count). The first-order valence-electron chi connectivity index (χ1n) is 24.4. The molecular weight excluding hydrogens is 1050 g/mol. The smallest absolute Gasteiger partial charge is 0.345 e. The summed E-state index contributed by atoms with van der Waals surface area (Å²) in [4.78, 5) is 100.0. The zero-order valence-electron chi connectivity index (χ0n) is 41.7. The minimum absolute atomic E-state index is 0.0201. The molecule has 10 heterocycles. The standard InChI is InChI=1S/C52H43F6N11O6S2/c1-21-11-32(51(53,54)55)64-38(27(21)14-30-44(71)61-15-33(70)63-30)26-8-10-67(31-13-24(77-42(26)31)17-69-47(74)36-37(48(69)75)50(36,5)6)40-22(2)28(18-66-20-59-19-62-66)39(65-43(40)52(56,57)58)25-7-9-60-29-12-23(76-41(25)29)16-68-45(72)34-35(46(68)73)49(34,3)4/h7-13,19-20,30,34-37H,14-18H2,1-6H3,(H-,61,63,70,71)/p+1. The van der Waals surface area contributed by atoms with Crippen LogP contribution in [0.5, 0.6) is 0 Å². The molecule has 25 heteroatoms. The SMILES string of the molecule is Cc1cc(C(F)(F)F)nc(-c2cc[n+](-c3c(C(F)(F)F)nc(-c4ccnc5cc(CN6C(=O)C7C(C6=O)C7(C)C)sc45)c(Cn4cncn4)c3C)c3cc(CN4C(=O)C5C(C4=O)C5(C)C)sc23)c1CC1NC(=O)CNC1=O. The number of nitrogens with one attached hydrogen (secondary N) is 2. The molecule has 5 aliphatic rings. The molecule has 2 saturated carbocycles. The molecule has 2 aliphatic carbocycles. The van der Waals surface area contributed by atoms with Crippen LogP contribution in [0.4, 0.5) is 26.3 Å². The Morgan fingerprint density at radius 3 is 1.94 bits per heavy atom. The van der Waals surface area contributed by atoms with Crippen LogP contribution in [-0.4, -0.2) is 87.5 Å². The fourth-order valence-corrected chi connectivity index (χ4v) is 14.1. The van der Waals surface area contributed by atoms with Gasteiger partial charge in [0.05, 0.1) is 71.5 Å². The van der Waals surface area contributed by atoms with Gasteiger partial charge >= 0.3 is 12.4 Å². The van der Waals surface area contributed by atoms with Crippen LogP contribution in [0.1, 0.15) is 71.1 Å². The lowest BCUT2D eigenvalue weighted by Crippen LogP contribution is -2.57. The highest BCUT2D eigenvalue weighted by atomic mass is 32.1. The molecule has 3 saturated heterocycles. The normalized spacial score (nSPS) is 22.6. The lowest BCUT2D eigenvalue weighted by Gasteiger charge is -2.25. The maximum absolute atomic E-state index is 16.1. The van der Waals surface area contributed by atoms with E-state index in [2.05, 4.69) is 35.7 Å². The van der Waals surface area contributed by atoms with E-state index in [-0.39, 0.29) is 99.4 Å². The Kier molecular flexibility index (Phi) is 11.1. The fourth-order valence-electron chi connectivity index (χ4n) is 11.8. The summed E-state index contributed by atoms with van der Waals surface area (Å²) in [5.74, 6) is -4.51. The van der Waals surface area contributed by atoms with Gasteiger partial charge in [0.25, 0.3) is 0 Å². The van der Waals surface area contributed by atoms with Gasteiger partial charge in [0.1, 0.15) is 29.1 Å². The Balaban J connectivity index is 1.05. The van der Waals surface area contributed by atoms with Crippen molar-refractivity contribution >= 4 is 78.5 Å². The van der Waals surface area contributed by atoms with Gasteiger partial charge in [-0.05, 0) is 54.0 Å². The van der Waals surface area contributed by atoms with E-state index in [1.54, 1.807) is 6.07 Å². The first kappa shape index (κ1) is 50.3. The number of piperidine rings is 2. The van der Waals surface area contributed by atoms with Crippen LogP contribution in [0.15, 0.2) is 55.4 Å². The van der Waals surface area contributed by atoms with Crippen LogP contribution in [-0.2, 0) is 67.2 Å². The first-order chi connectivity index (χ1) is 36.2. The van der Waals surface area contributed by atoms with Gasteiger partial charge in [0.2, 0.25) is 52.3 Å². The predicted octanol–water partition coefficient (Wildman–Crippen LogP) is 6.65. The van der Waals surface area contributed by atoms with E-state index in [1.165, 1.54) is 71.2 Å². The Morgan fingerprint density at radius 2 is 1.34 bits per heavy atom. The average Bonchev–Trinajstić information content (AvgIpc) is 3.87. The number of amides is 6. The highest BCUT2D eigenvalue weighted by Gasteiger charge is 2.73. The molecule has 77 heavy (non-hydrogen) atoms. The van der Waals surface area contributed by atoms with Crippen molar-refractivity contribution in [2.45, 2.75) is 86.0 Å². The molecule has 6 amide bonds. The van der Waals surface area contributed by atoms with Crippen molar-refractivity contribution in [3.8, 4) is 28.2 Å². The van der Waals surface area contributed by atoms with Crippen molar-refractivity contribution in [2.24, 2.45) is 34.5 Å². The molecule has 0 aromatic carbocycles. The number of piperazine rings is 1. The number of halogens is 6. The molecule has 396 valence electrons. The quantitative estimate of drug-likeness (QED) is 0.0798. The van der Waals surface area contributed by atoms with Gasteiger partial charge in [0, 0.05) is 56.8 Å². The highest BCUT2D eigenvalue weighted by Crippen LogP contribution is 2.64. The van der Waals surface area contributed by atoms with Crippen molar-refractivity contribution < 1.29 is 59.7 Å². The zero-order chi connectivity index (χ0) is 54.7. The summed E-state index contributed by atoms with van der Waals surface area (Å²) >= 11 is 2.10. The molecule has 2 N–H and O–H groups in total. The van der Waals surface area contributed by atoms with Crippen LogP contribution in [0.25, 0.3) is 48.6 Å². The van der Waals surface area contributed by atoms with Crippen molar-refractivity contribution in [3.05, 3.63) is 98.8 Å². The second-order valence-corrected chi connectivity index (χ2v) is 23.7. The van der Waals surface area contributed by atoms with Crippen LogP contribution >= 0.6 is 22.7 Å². The minimum Gasteiger partial charge on any atom is -0.345 e. The Hall–Kier alpha value is -7.54. The maximum Gasteiger partial charge on any atom is 0.440 e. The van der Waals surface area contributed by atoms with E-state index in [0.717, 1.165) is 33.6 Å². The summed E-state index contributed by atoms with van der Waals surface area (Å²) in [5, 5.41) is 9.30. The molecule has 0 radical (unpaired) electrons. The molecule has 3 aliphatic heterocycles. The number of likely N-dealkylation sites (tertiary alicyclic amines) is 2. The molecule has 7 aromatic heterocycles. The van der Waals surface area contributed by atoms with Crippen LogP contribution in [0, 0.1) is 48.3 Å². The molecule has 7 aromatic rings. The van der Waals surface area contributed by atoms with Crippen LogP contribution in [0.2, 0.25) is 0 Å². The summed E-state index contributed by atoms with van der Waals surface area (Å²) in [6, 6.07) is 5.61. The summed E-state index contributed by atoms with van der Waals surface area (Å²) < 4.78 is 95.7. The van der Waals surface area contributed by atoms with Crippen molar-refractivity contribution in [2.75, 3.05) is 6.54 Å². The third-order valence-electron chi connectivity index (χ3n) is 16.0. The largest absolute Gasteiger partial charge is 0.440 e. The summed E-state index contributed by atoms with van der Waals surface area (Å²) in [6.45, 7) is 9.41. The third kappa shape index (κ3) is 7.91. The first-order valence-corrected chi connectivity index (χ1v) is 26.0. The molecule has 5 atom stereocenters. The van der Waals surface area contributed by atoms with Gasteiger partial charge in [-0.15, -0.1) is 22.7 Å². The fraction of sp³-hybridized carbons (Fsp3) is 0.385. The van der Waals surface area contributed by atoms with Crippen molar-refractivity contribution in [1.82, 2.24) is 50.1 Å². The molecule has 5 fully saturated rings. The average molecular weight is 1100 g/mol. The highest BCUT2D eigenvalue weighted by molar-refractivity contribution is 7.20. The van der Waals surface area contributed by atoms with Gasteiger partial charge < -0.3 is 10.6 Å². The maximum atomic E-state index is 16.1. The number of rotatable bonds is 11. The molecule has 0 spiro atoms. The topological polar surface area (TPSA) is 206 Å². The monoisotopic (exact) mass is 1100 g/mol. The van der Waals surface area contributed by atoms with E-state index in [9.17, 15) is 41.9 Å². The number of nitrogens with zero attached hydrogens (tertiary/aromatic N) is 9. The third-order valence-corrected chi connectivity index (χ3v) is 18.3. The number of carbonyl (C=O) groups excluding carboxylic acids is 6. The van der Waals surface area contributed by atoms with Crippen LogP contribution in [0.3, 0.4) is 0 Å². The van der Waals surface area contributed by atoms with Gasteiger partial charge in [-0.25, -0.2) is 19.6 Å². The number of fused-ring (bicyclic) bond motifs is 4. The summed E-state index contributed by atoms with van der Waals surface area (Å²) in [5.41, 5.74) is -3.28. The van der Waals surface area contributed by atoms with E-state index in [1.807, 2.05) is 27.7 Å². The second kappa shape index (κ2) is 17.0. The number of alkyl halides is 6. The van der Waals surface area contributed by atoms with Gasteiger partial charge in [-0.2, -0.15) is 36.0 Å². The zero-order valence-corrected chi connectivity index (χ0v) is 43.3. The second-order valence-electron chi connectivity index (χ2n) is 21.4. The lowest BCUT2D eigenvalue weighted by atomic mass is 9.94. The number of aromatic nitrogens is 7. The Morgan fingerprint density at radius 1 is 0.740 bits per heavy atom. The predicted molar refractivity (Wildman–Crippen MR) is 263 cm³/mol. The summed E-state index contributed by atoms with van der Waals surface area (Å²) in [6.07, 6.45) is -5.15. The van der Waals surface area contributed by atoms with Crippen molar-refractivity contribution in [3.63, 3.8) is 0 Å². The Labute approximate surface area is 440 Å². The Bertz CT molecular complexity index is 3750. The van der Waals surface area contributed by atoms with Gasteiger partial charge in [0.15, 0.2) is 6.20 Å². The number of hydrogen-bond acceptors (Lipinski definition) is 13. The van der Waals surface area contributed by atoms with E-state index in [0.29, 0.717) is 20.0 Å². The number of pyridine rings is 4. The van der Waals surface area contributed by atoms with Gasteiger partial charge in [-0.1, -0.05) is 27.7 Å². The minimum atomic E-state index is -5.17.